The lowest BCUT2D eigenvalue weighted by atomic mass is 10.1. The summed E-state index contributed by atoms with van der Waals surface area (Å²) < 4.78 is 29.8. The van der Waals surface area contributed by atoms with Crippen molar-refractivity contribution < 1.29 is 23.1 Å². The van der Waals surface area contributed by atoms with E-state index in [4.69, 9.17) is 9.16 Å². The molecule has 0 bridgehead atoms. The molecular weight excluding hydrogens is 467 g/mol. The summed E-state index contributed by atoms with van der Waals surface area (Å²) in [6, 6.07) is 10.3. The van der Waals surface area contributed by atoms with Crippen LogP contribution in [0.15, 0.2) is 48.9 Å². The summed E-state index contributed by atoms with van der Waals surface area (Å²) in [4.78, 5) is 33.0. The second-order valence-electron chi connectivity index (χ2n) is 10.1. The van der Waals surface area contributed by atoms with Crippen LogP contribution in [0.4, 0.5) is 10.2 Å². The van der Waals surface area contributed by atoms with Crippen LogP contribution in [-0.4, -0.2) is 54.4 Å². The number of ether oxygens (including phenoxy) is 1. The van der Waals surface area contributed by atoms with Crippen LogP contribution in [0.1, 0.15) is 38.1 Å². The summed E-state index contributed by atoms with van der Waals surface area (Å²) in [7, 11) is -1.15. The number of alkyl halides is 1. The number of halogens is 1. The highest BCUT2D eigenvalue weighted by Crippen LogP contribution is 2.41. The lowest BCUT2D eigenvalue weighted by Gasteiger charge is -2.44. The Balaban J connectivity index is 2.04. The van der Waals surface area contributed by atoms with E-state index in [0.717, 1.165) is 0 Å². The fraction of sp³-hybridized carbons (Fsp3) is 0.440. The molecule has 0 aliphatic rings. The van der Waals surface area contributed by atoms with Gasteiger partial charge in [-0.25, -0.2) is 14.4 Å². The van der Waals surface area contributed by atoms with Gasteiger partial charge in [0.2, 0.25) is 5.79 Å². The molecule has 1 N–H and O–H groups in total. The number of benzene rings is 1. The van der Waals surface area contributed by atoms with Crippen LogP contribution >= 0.6 is 0 Å². The number of hydrogen-bond donors (Lipinski definition) is 1. The first kappa shape index (κ1) is 26.6. The van der Waals surface area contributed by atoms with Crippen LogP contribution < -0.4 is 5.32 Å². The molecule has 1 amide bonds. The Morgan fingerprint density at radius 3 is 2.37 bits per heavy atom. The van der Waals surface area contributed by atoms with Gasteiger partial charge in [-0.3, -0.25) is 9.36 Å². The van der Waals surface area contributed by atoms with Gasteiger partial charge in [0.15, 0.2) is 14.6 Å². The van der Waals surface area contributed by atoms with E-state index >= 15 is 4.39 Å². The number of aromatic nitrogens is 3. The molecule has 3 aromatic rings. The molecule has 0 saturated carbocycles. The first-order valence-corrected chi connectivity index (χ1v) is 14.3. The van der Waals surface area contributed by atoms with Gasteiger partial charge in [-0.15, -0.1) is 0 Å². The molecule has 0 aliphatic heterocycles. The second kappa shape index (κ2) is 9.96. The molecule has 10 heteroatoms. The third-order valence-electron chi connectivity index (χ3n) is 6.67. The lowest BCUT2D eigenvalue weighted by Crippen LogP contribution is -2.55. The number of anilines is 1. The van der Waals surface area contributed by atoms with Crippen LogP contribution in [-0.2, 0) is 19.8 Å². The van der Waals surface area contributed by atoms with Crippen molar-refractivity contribution in [2.75, 3.05) is 12.4 Å². The molecule has 0 aliphatic carbocycles. The first-order valence-electron chi connectivity index (χ1n) is 11.4. The predicted molar refractivity (Wildman–Crippen MR) is 136 cm³/mol. The molecule has 2 aromatic heterocycles. The van der Waals surface area contributed by atoms with Crippen molar-refractivity contribution in [3.63, 3.8) is 0 Å². The third kappa shape index (κ3) is 5.34. The van der Waals surface area contributed by atoms with Crippen LogP contribution in [0, 0.1) is 0 Å². The van der Waals surface area contributed by atoms with Crippen molar-refractivity contribution in [3.05, 3.63) is 54.5 Å². The van der Waals surface area contributed by atoms with E-state index in [2.05, 4.69) is 15.3 Å². The van der Waals surface area contributed by atoms with Gasteiger partial charge in [0.1, 0.15) is 30.0 Å². The minimum Gasteiger partial charge on any atom is -0.406 e. The average Bonchev–Trinajstić information content (AvgIpc) is 3.25. The van der Waals surface area contributed by atoms with Crippen molar-refractivity contribution in [1.82, 2.24) is 14.5 Å². The Bertz CT molecular complexity index is 1190. The molecule has 0 unspecified atom stereocenters. The standard InChI is InChI=1S/C25H33FN4O4Si/c1-24(2,3)35(6,7)34-20(19(15-31)33-5)25(4,26)30-14-13-18-21(27-16-28-22(18)30)29-23(32)17-11-9-8-10-12-17/h8-16,19-20H,1-7H3,(H,27,28,29,32)/t19-,20-,25+/m1/s1. The van der Waals surface area contributed by atoms with Crippen molar-refractivity contribution in [1.29, 1.82) is 0 Å². The number of nitrogens with one attached hydrogen (secondary N) is 1. The molecule has 3 atom stereocenters. The Kier molecular flexibility index (Phi) is 7.58. The number of carbonyl (C=O) groups is 2. The maximum Gasteiger partial charge on any atom is 0.256 e. The molecule has 8 nitrogen and oxygen atoms in total. The quantitative estimate of drug-likeness (QED) is 0.331. The maximum atomic E-state index is 16.7. The zero-order valence-electron chi connectivity index (χ0n) is 21.2. The summed E-state index contributed by atoms with van der Waals surface area (Å²) in [5.74, 6) is -2.31. The third-order valence-corrected chi connectivity index (χ3v) is 11.1. The normalized spacial score (nSPS) is 15.9. The second-order valence-corrected chi connectivity index (χ2v) is 14.9. The van der Waals surface area contributed by atoms with Gasteiger partial charge < -0.3 is 19.3 Å². The van der Waals surface area contributed by atoms with E-state index in [0.29, 0.717) is 17.2 Å². The molecule has 2 heterocycles. The highest BCUT2D eigenvalue weighted by Gasteiger charge is 2.49. The highest BCUT2D eigenvalue weighted by atomic mass is 28.4. The summed E-state index contributed by atoms with van der Waals surface area (Å²) >= 11 is 0. The number of fused-ring (bicyclic) bond motifs is 1. The Labute approximate surface area is 206 Å². The summed E-state index contributed by atoms with van der Waals surface area (Å²) in [6.45, 7) is 11.4. The summed E-state index contributed by atoms with van der Waals surface area (Å²) in [6.07, 6.45) is 0.945. The van der Waals surface area contributed by atoms with E-state index < -0.39 is 26.3 Å². The van der Waals surface area contributed by atoms with Crippen LogP contribution in [0.25, 0.3) is 11.0 Å². The summed E-state index contributed by atoms with van der Waals surface area (Å²) in [5.41, 5.74) is 0.712. The molecule has 35 heavy (non-hydrogen) atoms. The Hall–Kier alpha value is -2.95. The zero-order valence-corrected chi connectivity index (χ0v) is 22.2. The smallest absolute Gasteiger partial charge is 0.256 e. The van der Waals surface area contributed by atoms with Gasteiger partial charge in [0.05, 0.1) is 5.39 Å². The number of aldehydes is 1. The predicted octanol–water partition coefficient (Wildman–Crippen LogP) is 4.93. The molecule has 0 spiro atoms. The monoisotopic (exact) mass is 500 g/mol. The van der Waals surface area contributed by atoms with Crippen LogP contribution in [0.3, 0.4) is 0 Å². The SMILES string of the molecule is CO[C@H](C=O)[C@@H](O[Si](C)(C)C(C)(C)C)[C@@](C)(F)n1ccc2c(NC(=O)c3ccccc3)ncnc21. The van der Waals surface area contributed by atoms with E-state index in [9.17, 15) is 9.59 Å². The molecule has 0 saturated heterocycles. The van der Waals surface area contributed by atoms with Crippen molar-refractivity contribution in [3.8, 4) is 0 Å². The molecule has 188 valence electrons. The maximum absolute atomic E-state index is 16.7. The summed E-state index contributed by atoms with van der Waals surface area (Å²) in [5, 5.41) is 2.99. The van der Waals surface area contributed by atoms with Crippen LogP contribution in [0.2, 0.25) is 18.1 Å². The number of hydrogen-bond acceptors (Lipinski definition) is 6. The Morgan fingerprint density at radius 1 is 1.14 bits per heavy atom. The minimum absolute atomic E-state index is 0.224. The number of carbonyl (C=O) groups excluding carboxylic acids is 2. The number of rotatable bonds is 9. The van der Waals surface area contributed by atoms with Crippen molar-refractivity contribution >= 4 is 37.4 Å². The number of methoxy groups -OCH3 is 1. The van der Waals surface area contributed by atoms with E-state index in [1.807, 2.05) is 39.9 Å². The first-order chi connectivity index (χ1) is 16.3. The Morgan fingerprint density at radius 2 is 1.80 bits per heavy atom. The fourth-order valence-corrected chi connectivity index (χ4v) is 4.87. The largest absolute Gasteiger partial charge is 0.406 e. The van der Waals surface area contributed by atoms with Gasteiger partial charge in [-0.2, -0.15) is 0 Å². The van der Waals surface area contributed by atoms with Crippen molar-refractivity contribution in [2.45, 2.75) is 63.8 Å². The van der Waals surface area contributed by atoms with E-state index in [1.54, 1.807) is 30.3 Å². The van der Waals surface area contributed by atoms with Gasteiger partial charge in [0, 0.05) is 18.9 Å². The fourth-order valence-electron chi connectivity index (χ4n) is 3.53. The van der Waals surface area contributed by atoms with Gasteiger partial charge in [-0.05, 0) is 43.3 Å². The molecule has 0 radical (unpaired) electrons. The zero-order chi connectivity index (χ0) is 26.0. The molecule has 1 aromatic carbocycles. The van der Waals surface area contributed by atoms with Gasteiger partial charge >= 0.3 is 0 Å². The number of amides is 1. The van der Waals surface area contributed by atoms with E-state index in [-0.39, 0.29) is 22.4 Å². The van der Waals surface area contributed by atoms with Gasteiger partial charge in [0.25, 0.3) is 5.91 Å². The molecule has 3 rings (SSSR count). The van der Waals surface area contributed by atoms with E-state index in [1.165, 1.54) is 31.1 Å². The van der Waals surface area contributed by atoms with Crippen molar-refractivity contribution in [2.24, 2.45) is 0 Å². The highest BCUT2D eigenvalue weighted by molar-refractivity contribution is 6.74. The number of nitrogens with zero attached hydrogens (tertiary/aromatic N) is 3. The molecular formula is C25H33FN4O4Si. The molecule has 0 fully saturated rings. The average molecular weight is 501 g/mol. The van der Waals surface area contributed by atoms with Gasteiger partial charge in [-0.1, -0.05) is 39.0 Å². The lowest BCUT2D eigenvalue weighted by molar-refractivity contribution is -0.140. The topological polar surface area (TPSA) is 95.3 Å². The minimum atomic E-state index is -2.51. The van der Waals surface area contributed by atoms with Crippen LogP contribution in [0.5, 0.6) is 0 Å².